The summed E-state index contributed by atoms with van der Waals surface area (Å²) >= 11 is 0. The second-order valence-corrected chi connectivity index (χ2v) is 9.83. The number of aryl methyl sites for hydroxylation is 1. The van der Waals surface area contributed by atoms with Gasteiger partial charge in [-0.05, 0) is 43.2 Å². The van der Waals surface area contributed by atoms with E-state index >= 15 is 0 Å². The van der Waals surface area contributed by atoms with Gasteiger partial charge in [-0.2, -0.15) is 0 Å². The largest absolute Gasteiger partial charge is 0.390 e. The van der Waals surface area contributed by atoms with Crippen molar-refractivity contribution < 1.29 is 18.3 Å². The van der Waals surface area contributed by atoms with Crippen LogP contribution in [0.2, 0.25) is 0 Å². The molecule has 7 heteroatoms. The van der Waals surface area contributed by atoms with Gasteiger partial charge < -0.3 is 10.4 Å². The van der Waals surface area contributed by atoms with E-state index in [1.165, 1.54) is 12.1 Å². The Bertz CT molecular complexity index is 788. The Morgan fingerprint density at radius 2 is 1.80 bits per heavy atom. The molecule has 0 radical (unpaired) electrons. The van der Waals surface area contributed by atoms with Crippen molar-refractivity contribution in [1.82, 2.24) is 10.0 Å². The summed E-state index contributed by atoms with van der Waals surface area (Å²) in [7, 11) is -3.94. The normalized spacial score (nSPS) is 33.2. The zero-order chi connectivity index (χ0) is 18.6. The zero-order valence-electron chi connectivity index (χ0n) is 15.0. The SMILES string of the molecule is Cc1ccc(S(=O)(=O)NC(=O)NC2C3CC[C@@](C)(C2O)C3(C)C)cc1. The minimum Gasteiger partial charge on any atom is -0.390 e. The lowest BCUT2D eigenvalue weighted by Gasteiger charge is -2.37. The predicted octanol–water partition coefficient (Wildman–Crippen LogP) is 2.17. The van der Waals surface area contributed by atoms with Crippen molar-refractivity contribution >= 4 is 16.1 Å². The fourth-order valence-corrected chi connectivity index (χ4v) is 5.51. The highest BCUT2D eigenvalue weighted by Crippen LogP contribution is 2.65. The second kappa shape index (κ2) is 5.71. The second-order valence-electron chi connectivity index (χ2n) is 8.15. The molecule has 2 fully saturated rings. The number of aliphatic hydroxyl groups is 1. The highest BCUT2D eigenvalue weighted by molar-refractivity contribution is 7.90. The van der Waals surface area contributed by atoms with Gasteiger partial charge in [0, 0.05) is 5.41 Å². The molecule has 3 unspecified atom stereocenters. The van der Waals surface area contributed by atoms with Gasteiger partial charge in [0.1, 0.15) is 0 Å². The van der Waals surface area contributed by atoms with E-state index in [1.807, 2.05) is 18.6 Å². The van der Waals surface area contributed by atoms with Gasteiger partial charge in [-0.25, -0.2) is 17.9 Å². The summed E-state index contributed by atoms with van der Waals surface area (Å²) in [6.07, 6.45) is 1.14. The number of benzene rings is 1. The lowest BCUT2D eigenvalue weighted by Crippen LogP contribution is -2.52. The summed E-state index contributed by atoms with van der Waals surface area (Å²) in [6, 6.07) is 5.03. The van der Waals surface area contributed by atoms with Crippen LogP contribution in [0.5, 0.6) is 0 Å². The molecule has 4 atom stereocenters. The number of carbonyl (C=O) groups is 1. The highest BCUT2D eigenvalue weighted by Gasteiger charge is 2.66. The van der Waals surface area contributed by atoms with Gasteiger partial charge in [-0.3, -0.25) is 0 Å². The molecule has 2 aliphatic rings. The van der Waals surface area contributed by atoms with E-state index in [9.17, 15) is 18.3 Å². The Morgan fingerprint density at radius 3 is 2.32 bits per heavy atom. The average Bonchev–Trinajstić information content (AvgIpc) is 2.81. The molecule has 0 aromatic heterocycles. The summed E-state index contributed by atoms with van der Waals surface area (Å²) < 4.78 is 26.7. The first-order valence-electron chi connectivity index (χ1n) is 8.57. The van der Waals surface area contributed by atoms with Gasteiger partial charge in [0.2, 0.25) is 0 Å². The molecule has 2 bridgehead atoms. The van der Waals surface area contributed by atoms with Gasteiger partial charge in [-0.1, -0.05) is 38.5 Å². The first-order chi connectivity index (χ1) is 11.5. The van der Waals surface area contributed by atoms with Crippen LogP contribution in [0.1, 0.15) is 39.2 Å². The Hall–Kier alpha value is -1.60. The average molecular weight is 366 g/mol. The number of fused-ring (bicyclic) bond motifs is 2. The number of urea groups is 1. The predicted molar refractivity (Wildman–Crippen MR) is 94.4 cm³/mol. The first kappa shape index (κ1) is 18.2. The topological polar surface area (TPSA) is 95.5 Å². The number of aliphatic hydroxyl groups excluding tert-OH is 1. The maximum Gasteiger partial charge on any atom is 0.329 e. The Labute approximate surface area is 149 Å². The number of amides is 2. The molecule has 2 saturated carbocycles. The summed E-state index contributed by atoms with van der Waals surface area (Å²) in [6.45, 7) is 8.11. The number of hydrogen-bond donors (Lipinski definition) is 3. The molecule has 0 heterocycles. The Kier molecular flexibility index (Phi) is 4.15. The molecule has 2 aliphatic carbocycles. The molecule has 0 saturated heterocycles. The number of rotatable bonds is 3. The van der Waals surface area contributed by atoms with Gasteiger partial charge in [0.25, 0.3) is 10.0 Å². The zero-order valence-corrected chi connectivity index (χ0v) is 15.9. The molecule has 1 aromatic rings. The third-order valence-corrected chi connectivity index (χ3v) is 8.00. The van der Waals surface area contributed by atoms with E-state index in [4.69, 9.17) is 0 Å². The quantitative estimate of drug-likeness (QED) is 0.764. The molecule has 0 aliphatic heterocycles. The van der Waals surface area contributed by atoms with Crippen LogP contribution in [-0.4, -0.2) is 31.7 Å². The fourth-order valence-electron chi connectivity index (χ4n) is 4.59. The number of carbonyl (C=O) groups excluding carboxylic acids is 1. The number of nitrogens with one attached hydrogen (secondary N) is 2. The number of hydrogen-bond acceptors (Lipinski definition) is 4. The maximum atomic E-state index is 12.3. The lowest BCUT2D eigenvalue weighted by atomic mass is 9.70. The summed E-state index contributed by atoms with van der Waals surface area (Å²) in [5.41, 5.74) is 0.551. The molecule has 0 spiro atoms. The van der Waals surface area contributed by atoms with Crippen molar-refractivity contribution in [3.63, 3.8) is 0 Å². The third-order valence-electron chi connectivity index (χ3n) is 6.66. The van der Waals surface area contributed by atoms with Crippen molar-refractivity contribution in [2.24, 2.45) is 16.7 Å². The van der Waals surface area contributed by atoms with Crippen LogP contribution in [0, 0.1) is 23.7 Å². The van der Waals surface area contributed by atoms with E-state index in [2.05, 4.69) is 19.2 Å². The third kappa shape index (κ3) is 2.73. The van der Waals surface area contributed by atoms with Gasteiger partial charge >= 0.3 is 6.03 Å². The van der Waals surface area contributed by atoms with Crippen LogP contribution in [0.4, 0.5) is 4.79 Å². The van der Waals surface area contributed by atoms with Crippen LogP contribution >= 0.6 is 0 Å². The summed E-state index contributed by atoms with van der Waals surface area (Å²) in [5.74, 6) is 0.125. The fraction of sp³-hybridized carbons (Fsp3) is 0.611. The maximum absolute atomic E-state index is 12.3. The summed E-state index contributed by atoms with van der Waals surface area (Å²) in [5, 5.41) is 13.4. The standard InChI is InChI=1S/C18H26N2O4S/c1-11-5-7-12(8-6-11)25(23,24)20-16(22)19-14-13-9-10-18(4,15(14)21)17(13,2)3/h5-8,13-15,21H,9-10H2,1-4H3,(H2,19,20,22)/t13?,14?,15?,18-/m0/s1. The molecule has 25 heavy (non-hydrogen) atoms. The first-order valence-corrected chi connectivity index (χ1v) is 10.1. The van der Waals surface area contributed by atoms with E-state index < -0.39 is 28.2 Å². The van der Waals surface area contributed by atoms with Crippen molar-refractivity contribution in [3.05, 3.63) is 29.8 Å². The van der Waals surface area contributed by atoms with Gasteiger partial charge in [0.05, 0.1) is 17.0 Å². The molecule has 3 rings (SSSR count). The molecular formula is C18H26N2O4S. The highest BCUT2D eigenvalue weighted by atomic mass is 32.2. The minimum absolute atomic E-state index is 0.0361. The van der Waals surface area contributed by atoms with Crippen LogP contribution in [-0.2, 0) is 10.0 Å². The molecule has 6 nitrogen and oxygen atoms in total. The molecular weight excluding hydrogens is 340 g/mol. The monoisotopic (exact) mass is 366 g/mol. The molecule has 2 amide bonds. The van der Waals surface area contributed by atoms with E-state index in [0.717, 1.165) is 18.4 Å². The van der Waals surface area contributed by atoms with Gasteiger partial charge in [-0.15, -0.1) is 0 Å². The molecule has 138 valence electrons. The molecule has 1 aromatic carbocycles. The van der Waals surface area contributed by atoms with E-state index in [0.29, 0.717) is 0 Å². The molecule has 3 N–H and O–H groups in total. The van der Waals surface area contributed by atoms with Crippen molar-refractivity contribution in [1.29, 1.82) is 0 Å². The van der Waals surface area contributed by atoms with Crippen LogP contribution in [0.3, 0.4) is 0 Å². The minimum atomic E-state index is -3.94. The Morgan fingerprint density at radius 1 is 1.20 bits per heavy atom. The van der Waals surface area contributed by atoms with Gasteiger partial charge in [0.15, 0.2) is 0 Å². The van der Waals surface area contributed by atoms with Crippen LogP contribution < -0.4 is 10.0 Å². The van der Waals surface area contributed by atoms with Crippen molar-refractivity contribution in [2.75, 3.05) is 0 Å². The lowest BCUT2D eigenvalue weighted by molar-refractivity contribution is 0.00193. The number of sulfonamides is 1. The summed E-state index contributed by atoms with van der Waals surface area (Å²) in [4.78, 5) is 12.3. The van der Waals surface area contributed by atoms with Crippen LogP contribution in [0.25, 0.3) is 0 Å². The Balaban J connectivity index is 1.72. The van der Waals surface area contributed by atoms with Crippen molar-refractivity contribution in [2.45, 2.75) is 57.6 Å². The van der Waals surface area contributed by atoms with E-state index in [1.54, 1.807) is 12.1 Å². The van der Waals surface area contributed by atoms with Crippen molar-refractivity contribution in [3.8, 4) is 0 Å². The smallest absolute Gasteiger partial charge is 0.329 e. The van der Waals surface area contributed by atoms with E-state index in [-0.39, 0.29) is 21.6 Å². The van der Waals surface area contributed by atoms with Crippen LogP contribution in [0.15, 0.2) is 29.2 Å².